The third-order valence-electron chi connectivity index (χ3n) is 10.3. The second-order valence-electron chi connectivity index (χ2n) is 12.6. The second-order valence-corrected chi connectivity index (χ2v) is 13.0. The van der Waals surface area contributed by atoms with E-state index in [1.165, 1.54) is 33.5 Å². The van der Waals surface area contributed by atoms with Gasteiger partial charge in [-0.25, -0.2) is 9.21 Å². The topological polar surface area (TPSA) is 76.2 Å². The van der Waals surface area contributed by atoms with E-state index in [1.807, 2.05) is 4.90 Å². The number of halogens is 1. The number of piperidine rings is 2. The lowest BCUT2D eigenvalue weighted by molar-refractivity contribution is -0.155. The number of fused-ring (bicyclic) bond motifs is 2. The van der Waals surface area contributed by atoms with Crippen LogP contribution in [0.1, 0.15) is 66.7 Å². The molecule has 0 aromatic carbocycles. The van der Waals surface area contributed by atoms with E-state index in [4.69, 9.17) is 21.3 Å². The highest BCUT2D eigenvalue weighted by Crippen LogP contribution is 2.66. The summed E-state index contributed by atoms with van der Waals surface area (Å²) in [7, 11) is 2.84. The molecule has 0 aromatic rings. The number of ether oxygens (including phenoxy) is 2. The van der Waals surface area contributed by atoms with Crippen LogP contribution < -0.4 is 0 Å². The van der Waals surface area contributed by atoms with Gasteiger partial charge in [0.15, 0.2) is 0 Å². The number of amides is 1. The molecule has 3 saturated carbocycles. The van der Waals surface area contributed by atoms with Gasteiger partial charge in [0.1, 0.15) is 12.1 Å². The highest BCUT2D eigenvalue weighted by Gasteiger charge is 2.70. The number of methoxy groups -OCH3 is 2. The SMILES string of the molecule is COC(=O)C1C2C(CN1Cl)C2(C)C.COC(=O)[C@@H]1C2C(CN1C(=O)[C@@H](C)C1CCCCC1)C2(C)C. The Bertz CT molecular complexity index is 855. The fourth-order valence-electron chi connectivity index (χ4n) is 7.62. The predicted octanol–water partition coefficient (Wildman–Crippen LogP) is 4.13. The van der Waals surface area contributed by atoms with E-state index < -0.39 is 0 Å². The first-order valence-corrected chi connectivity index (χ1v) is 13.6. The van der Waals surface area contributed by atoms with E-state index in [-0.39, 0.29) is 52.6 Å². The summed E-state index contributed by atoms with van der Waals surface area (Å²) in [4.78, 5) is 38.4. The van der Waals surface area contributed by atoms with Crippen molar-refractivity contribution in [1.29, 1.82) is 0 Å². The molecule has 5 aliphatic rings. The summed E-state index contributed by atoms with van der Waals surface area (Å²) in [6.45, 7) is 12.4. The second kappa shape index (κ2) is 9.51. The van der Waals surface area contributed by atoms with E-state index in [9.17, 15) is 14.4 Å². The average molecular weight is 511 g/mol. The molecule has 2 aliphatic heterocycles. The predicted molar refractivity (Wildman–Crippen MR) is 133 cm³/mol. The van der Waals surface area contributed by atoms with E-state index >= 15 is 0 Å². The van der Waals surface area contributed by atoms with Gasteiger partial charge in [-0.1, -0.05) is 53.9 Å². The Morgan fingerprint density at radius 3 is 1.83 bits per heavy atom. The number of carbonyl (C=O) groups excluding carboxylic acids is 3. The van der Waals surface area contributed by atoms with Gasteiger partial charge in [0.25, 0.3) is 0 Å². The summed E-state index contributed by atoms with van der Waals surface area (Å²) >= 11 is 5.94. The maximum Gasteiger partial charge on any atom is 0.328 e. The minimum Gasteiger partial charge on any atom is -0.468 e. The summed E-state index contributed by atoms with van der Waals surface area (Å²) in [5.74, 6) is 1.95. The van der Waals surface area contributed by atoms with Crippen LogP contribution >= 0.6 is 11.8 Å². The Kier molecular flexibility index (Phi) is 7.26. The molecule has 0 N–H and O–H groups in total. The van der Waals surface area contributed by atoms with Crippen LogP contribution in [0.5, 0.6) is 0 Å². The summed E-state index contributed by atoms with van der Waals surface area (Å²) in [5.41, 5.74) is 0.438. The molecule has 198 valence electrons. The third kappa shape index (κ3) is 4.49. The summed E-state index contributed by atoms with van der Waals surface area (Å²) < 4.78 is 11.3. The molecule has 3 aliphatic carbocycles. The molecule has 1 amide bonds. The number of carbonyl (C=O) groups is 3. The van der Waals surface area contributed by atoms with Crippen LogP contribution in [0.3, 0.4) is 0 Å². The Morgan fingerprint density at radius 1 is 0.829 bits per heavy atom. The molecule has 5 fully saturated rings. The van der Waals surface area contributed by atoms with Gasteiger partial charge < -0.3 is 14.4 Å². The van der Waals surface area contributed by atoms with Gasteiger partial charge in [0.05, 0.1) is 14.2 Å². The maximum absolute atomic E-state index is 13.0. The Morgan fingerprint density at radius 2 is 1.31 bits per heavy atom. The van der Waals surface area contributed by atoms with E-state index in [2.05, 4.69) is 34.6 Å². The number of hydrogen-bond donors (Lipinski definition) is 0. The fourth-order valence-corrected chi connectivity index (χ4v) is 7.97. The van der Waals surface area contributed by atoms with Crippen molar-refractivity contribution in [3.8, 4) is 0 Å². The molecular weight excluding hydrogens is 468 g/mol. The van der Waals surface area contributed by atoms with Crippen LogP contribution in [0.2, 0.25) is 0 Å². The first-order valence-electron chi connectivity index (χ1n) is 13.3. The molecule has 5 rings (SSSR count). The normalized spacial score (nSPS) is 37.3. The Hall–Kier alpha value is -1.34. The number of rotatable bonds is 4. The molecule has 7 nitrogen and oxygen atoms in total. The molecule has 2 heterocycles. The van der Waals surface area contributed by atoms with Gasteiger partial charge in [0, 0.05) is 24.9 Å². The van der Waals surface area contributed by atoms with Crippen LogP contribution in [0.15, 0.2) is 0 Å². The Balaban J connectivity index is 0.000000189. The molecule has 5 unspecified atom stereocenters. The highest BCUT2D eigenvalue weighted by atomic mass is 35.5. The quantitative estimate of drug-likeness (QED) is 0.418. The van der Waals surface area contributed by atoms with Gasteiger partial charge in [-0.2, -0.15) is 0 Å². The van der Waals surface area contributed by atoms with Crippen molar-refractivity contribution >= 4 is 29.6 Å². The maximum atomic E-state index is 13.0. The molecule has 2 saturated heterocycles. The molecular formula is C27H43ClN2O5. The van der Waals surface area contributed by atoms with Gasteiger partial charge >= 0.3 is 11.9 Å². The number of hydrogen-bond acceptors (Lipinski definition) is 6. The number of esters is 2. The first kappa shape index (κ1) is 26.7. The van der Waals surface area contributed by atoms with Gasteiger partial charge in [-0.15, -0.1) is 0 Å². The molecule has 35 heavy (non-hydrogen) atoms. The van der Waals surface area contributed by atoms with Gasteiger partial charge in [-0.3, -0.25) is 9.59 Å². The summed E-state index contributed by atoms with van der Waals surface area (Å²) in [6, 6.07) is -0.588. The van der Waals surface area contributed by atoms with Crippen molar-refractivity contribution in [2.24, 2.45) is 46.3 Å². The van der Waals surface area contributed by atoms with Crippen molar-refractivity contribution in [3.05, 3.63) is 0 Å². The highest BCUT2D eigenvalue weighted by molar-refractivity contribution is 6.15. The lowest BCUT2D eigenvalue weighted by Crippen LogP contribution is -2.48. The van der Waals surface area contributed by atoms with Gasteiger partial charge in [-0.05, 0) is 59.1 Å². The Labute approximate surface area is 215 Å². The largest absolute Gasteiger partial charge is 0.468 e. The molecule has 8 heteroatoms. The molecule has 0 spiro atoms. The smallest absolute Gasteiger partial charge is 0.328 e. The van der Waals surface area contributed by atoms with Crippen molar-refractivity contribution in [2.45, 2.75) is 78.8 Å². The van der Waals surface area contributed by atoms with E-state index in [0.29, 0.717) is 23.7 Å². The molecule has 0 bridgehead atoms. The number of nitrogens with zero attached hydrogens (tertiary/aromatic N) is 2. The van der Waals surface area contributed by atoms with E-state index in [1.54, 1.807) is 4.42 Å². The van der Waals surface area contributed by atoms with Crippen LogP contribution in [0.25, 0.3) is 0 Å². The zero-order valence-electron chi connectivity index (χ0n) is 22.4. The van der Waals surface area contributed by atoms with E-state index in [0.717, 1.165) is 25.9 Å². The zero-order valence-corrected chi connectivity index (χ0v) is 23.1. The van der Waals surface area contributed by atoms with Crippen LogP contribution in [0, 0.1) is 46.3 Å². The molecule has 0 aromatic heterocycles. The zero-order chi connectivity index (χ0) is 25.9. The van der Waals surface area contributed by atoms with Crippen LogP contribution in [-0.4, -0.2) is 66.6 Å². The lowest BCUT2D eigenvalue weighted by Gasteiger charge is -2.34. The lowest BCUT2D eigenvalue weighted by atomic mass is 9.80. The average Bonchev–Trinajstić information content (AvgIpc) is 3.35. The summed E-state index contributed by atoms with van der Waals surface area (Å²) in [6.07, 6.45) is 6.08. The molecule has 0 radical (unpaired) electrons. The van der Waals surface area contributed by atoms with Crippen molar-refractivity contribution in [2.75, 3.05) is 27.3 Å². The standard InChI is InChI=1S/C18H29NO3.C9H14ClNO2/c1-11(12-8-6-5-7-9-12)16(20)19-10-13-14(18(13,2)3)15(19)17(21)22-4;1-9(2)5-4-11(10)7(6(5)9)8(12)13-3/h11-15H,5-10H2,1-4H3;5-7H,4H2,1-3H3/t11-,13?,14?,15-;/m0./s1. The third-order valence-corrected chi connectivity index (χ3v) is 10.6. The first-order chi connectivity index (χ1) is 16.4. The van der Waals surface area contributed by atoms with Crippen molar-refractivity contribution < 1.29 is 23.9 Å². The fraction of sp³-hybridized carbons (Fsp3) is 0.889. The monoisotopic (exact) mass is 510 g/mol. The summed E-state index contributed by atoms with van der Waals surface area (Å²) in [5, 5.41) is 0. The molecule has 7 atom stereocenters. The van der Waals surface area contributed by atoms with Crippen molar-refractivity contribution in [3.63, 3.8) is 0 Å². The minimum absolute atomic E-state index is 0.0352. The van der Waals surface area contributed by atoms with Crippen LogP contribution in [-0.2, 0) is 23.9 Å². The van der Waals surface area contributed by atoms with Crippen LogP contribution in [0.4, 0.5) is 0 Å². The van der Waals surface area contributed by atoms with Gasteiger partial charge in [0.2, 0.25) is 5.91 Å². The minimum atomic E-state index is -0.358. The number of likely N-dealkylation sites (tertiary alicyclic amines) is 1. The van der Waals surface area contributed by atoms with Crippen molar-refractivity contribution in [1.82, 2.24) is 9.32 Å².